The fourth-order valence-electron chi connectivity index (χ4n) is 2.10. The van der Waals surface area contributed by atoms with Crippen molar-refractivity contribution in [3.63, 3.8) is 0 Å². The third-order valence-electron chi connectivity index (χ3n) is 3.46. The van der Waals surface area contributed by atoms with E-state index in [1.165, 1.54) is 23.8 Å². The third-order valence-corrected chi connectivity index (χ3v) is 3.46. The Morgan fingerprint density at radius 2 is 2.10 bits per heavy atom. The zero-order chi connectivity index (χ0) is 15.0. The summed E-state index contributed by atoms with van der Waals surface area (Å²) in [5.41, 5.74) is 3.74. The number of hydrogen-bond donors (Lipinski definition) is 2. The molecular weight excluding hydrogens is 254 g/mol. The second-order valence-electron chi connectivity index (χ2n) is 5.13. The van der Waals surface area contributed by atoms with Crippen molar-refractivity contribution < 1.29 is 14.6 Å². The van der Waals surface area contributed by atoms with Crippen LogP contribution in [0, 0.1) is 13.8 Å². The fraction of sp³-hybridized carbons (Fsp3) is 0.562. The number of rotatable bonds is 8. The average Bonchev–Trinajstić information content (AvgIpc) is 2.43. The number of aryl methyl sites for hydroxylation is 2. The van der Waals surface area contributed by atoms with E-state index in [0.717, 1.165) is 6.42 Å². The molecule has 0 aromatic heterocycles. The summed E-state index contributed by atoms with van der Waals surface area (Å²) in [5.74, 6) is -0.213. The van der Waals surface area contributed by atoms with E-state index in [9.17, 15) is 4.79 Å². The number of hydrogen-bond acceptors (Lipinski definition) is 4. The van der Waals surface area contributed by atoms with E-state index in [0.29, 0.717) is 19.4 Å². The highest BCUT2D eigenvalue weighted by Crippen LogP contribution is 2.13. The van der Waals surface area contributed by atoms with Crippen LogP contribution in [0.15, 0.2) is 18.2 Å². The van der Waals surface area contributed by atoms with E-state index in [2.05, 4.69) is 37.4 Å². The maximum Gasteiger partial charge on any atom is 0.307 e. The molecule has 20 heavy (non-hydrogen) atoms. The summed E-state index contributed by atoms with van der Waals surface area (Å²) in [4.78, 5) is 11.5. The van der Waals surface area contributed by atoms with Crippen LogP contribution in [0.4, 0.5) is 0 Å². The van der Waals surface area contributed by atoms with Gasteiger partial charge in [-0.15, -0.1) is 0 Å². The number of carbonyl (C=O) groups is 1. The molecule has 1 rings (SSSR count). The van der Waals surface area contributed by atoms with Gasteiger partial charge < -0.3 is 15.2 Å². The Morgan fingerprint density at radius 1 is 1.35 bits per heavy atom. The van der Waals surface area contributed by atoms with E-state index >= 15 is 0 Å². The van der Waals surface area contributed by atoms with Crippen LogP contribution in [-0.4, -0.2) is 37.4 Å². The normalized spacial score (nSPS) is 12.2. The molecule has 112 valence electrons. The topological polar surface area (TPSA) is 58.6 Å². The van der Waals surface area contributed by atoms with Crippen molar-refractivity contribution in [3.8, 4) is 0 Å². The van der Waals surface area contributed by atoms with Crippen molar-refractivity contribution in [1.82, 2.24) is 5.32 Å². The second-order valence-corrected chi connectivity index (χ2v) is 5.13. The van der Waals surface area contributed by atoms with Gasteiger partial charge in [-0.05, 0) is 49.9 Å². The fourth-order valence-corrected chi connectivity index (χ4v) is 2.10. The quantitative estimate of drug-likeness (QED) is 0.562. The van der Waals surface area contributed by atoms with Gasteiger partial charge in [0.15, 0.2) is 0 Å². The lowest BCUT2D eigenvalue weighted by Gasteiger charge is -2.18. The number of esters is 1. The van der Waals surface area contributed by atoms with Crippen molar-refractivity contribution >= 4 is 5.97 Å². The number of carbonyl (C=O) groups excluding carboxylic acids is 1. The molecule has 0 aliphatic rings. The Labute approximate surface area is 121 Å². The molecule has 4 nitrogen and oxygen atoms in total. The van der Waals surface area contributed by atoms with Crippen molar-refractivity contribution in [2.75, 3.05) is 20.3 Å². The van der Waals surface area contributed by atoms with Gasteiger partial charge in [0, 0.05) is 12.6 Å². The lowest BCUT2D eigenvalue weighted by atomic mass is 9.99. The van der Waals surface area contributed by atoms with Crippen LogP contribution in [0.25, 0.3) is 0 Å². The van der Waals surface area contributed by atoms with E-state index in [4.69, 9.17) is 9.84 Å². The standard InChI is InChI=1S/C16H25NO3/c1-12-5-6-14(9-13(12)2)10-15(11-16(19)20-3)17-7-4-8-18/h5-6,9,15,17-18H,4,7-8,10-11H2,1-3H3. The number of nitrogens with one attached hydrogen (secondary N) is 1. The lowest BCUT2D eigenvalue weighted by molar-refractivity contribution is -0.141. The van der Waals surface area contributed by atoms with E-state index in [1.54, 1.807) is 0 Å². The Morgan fingerprint density at radius 3 is 2.70 bits per heavy atom. The molecule has 0 amide bonds. The minimum Gasteiger partial charge on any atom is -0.469 e. The van der Waals surface area contributed by atoms with Gasteiger partial charge in [-0.3, -0.25) is 4.79 Å². The molecule has 0 heterocycles. The predicted molar refractivity (Wildman–Crippen MR) is 79.7 cm³/mol. The molecule has 0 saturated heterocycles. The molecule has 0 saturated carbocycles. The first kappa shape index (κ1) is 16.7. The minimum atomic E-state index is -0.213. The van der Waals surface area contributed by atoms with Crippen molar-refractivity contribution in [2.45, 2.75) is 39.2 Å². The van der Waals surface area contributed by atoms with E-state index in [-0.39, 0.29) is 18.6 Å². The highest BCUT2D eigenvalue weighted by atomic mass is 16.5. The zero-order valence-corrected chi connectivity index (χ0v) is 12.6. The van der Waals surface area contributed by atoms with E-state index in [1.807, 2.05) is 0 Å². The largest absolute Gasteiger partial charge is 0.469 e. The number of aliphatic hydroxyl groups excluding tert-OH is 1. The summed E-state index contributed by atoms with van der Waals surface area (Å²) < 4.78 is 4.74. The Kier molecular flexibility index (Phi) is 7.26. The SMILES string of the molecule is COC(=O)CC(Cc1ccc(C)c(C)c1)NCCCO. The third kappa shape index (κ3) is 5.72. The molecule has 0 radical (unpaired) electrons. The molecule has 4 heteroatoms. The Balaban J connectivity index is 2.66. The summed E-state index contributed by atoms with van der Waals surface area (Å²) >= 11 is 0. The lowest BCUT2D eigenvalue weighted by Crippen LogP contribution is -2.34. The average molecular weight is 279 g/mol. The van der Waals surface area contributed by atoms with Gasteiger partial charge in [0.25, 0.3) is 0 Å². The van der Waals surface area contributed by atoms with E-state index < -0.39 is 0 Å². The van der Waals surface area contributed by atoms with Gasteiger partial charge in [0.2, 0.25) is 0 Å². The number of benzene rings is 1. The molecular formula is C16H25NO3. The van der Waals surface area contributed by atoms with Gasteiger partial charge >= 0.3 is 5.97 Å². The monoisotopic (exact) mass is 279 g/mol. The van der Waals surface area contributed by atoms with Crippen LogP contribution in [0.2, 0.25) is 0 Å². The molecule has 2 N–H and O–H groups in total. The number of ether oxygens (including phenoxy) is 1. The van der Waals surface area contributed by atoms with Crippen LogP contribution in [-0.2, 0) is 16.0 Å². The maximum absolute atomic E-state index is 11.5. The Hall–Kier alpha value is -1.39. The van der Waals surface area contributed by atoms with Crippen LogP contribution < -0.4 is 5.32 Å². The molecule has 0 aliphatic carbocycles. The Bertz CT molecular complexity index is 432. The molecule has 0 bridgehead atoms. The van der Waals surface area contributed by atoms with Crippen molar-refractivity contribution in [1.29, 1.82) is 0 Å². The molecule has 0 fully saturated rings. The van der Waals surface area contributed by atoms with Gasteiger partial charge in [-0.25, -0.2) is 0 Å². The number of aliphatic hydroxyl groups is 1. The molecule has 1 unspecified atom stereocenters. The van der Waals surface area contributed by atoms with Gasteiger partial charge in [-0.1, -0.05) is 18.2 Å². The van der Waals surface area contributed by atoms with Crippen LogP contribution in [0.3, 0.4) is 0 Å². The summed E-state index contributed by atoms with van der Waals surface area (Å²) in [5, 5.41) is 12.1. The summed E-state index contributed by atoms with van der Waals surface area (Å²) in [6.07, 6.45) is 1.81. The van der Waals surface area contributed by atoms with Crippen molar-refractivity contribution in [2.24, 2.45) is 0 Å². The van der Waals surface area contributed by atoms with Crippen LogP contribution in [0.1, 0.15) is 29.5 Å². The number of methoxy groups -OCH3 is 1. The predicted octanol–water partition coefficient (Wildman–Crippen LogP) is 1.75. The molecule has 1 atom stereocenters. The first-order chi connectivity index (χ1) is 9.56. The highest BCUT2D eigenvalue weighted by molar-refractivity contribution is 5.70. The van der Waals surface area contributed by atoms with Gasteiger partial charge in [0.1, 0.15) is 0 Å². The highest BCUT2D eigenvalue weighted by Gasteiger charge is 2.14. The summed E-state index contributed by atoms with van der Waals surface area (Å²) in [7, 11) is 1.41. The zero-order valence-electron chi connectivity index (χ0n) is 12.6. The van der Waals surface area contributed by atoms with Gasteiger partial charge in [-0.2, -0.15) is 0 Å². The van der Waals surface area contributed by atoms with Crippen LogP contribution in [0.5, 0.6) is 0 Å². The van der Waals surface area contributed by atoms with Crippen molar-refractivity contribution in [3.05, 3.63) is 34.9 Å². The summed E-state index contributed by atoms with van der Waals surface area (Å²) in [6.45, 7) is 5.03. The van der Waals surface area contributed by atoms with Crippen LogP contribution >= 0.6 is 0 Å². The summed E-state index contributed by atoms with van der Waals surface area (Å²) in [6, 6.07) is 6.40. The molecule has 1 aromatic carbocycles. The molecule has 0 spiro atoms. The molecule has 1 aromatic rings. The van der Waals surface area contributed by atoms with Gasteiger partial charge in [0.05, 0.1) is 13.5 Å². The maximum atomic E-state index is 11.5. The molecule has 0 aliphatic heterocycles. The first-order valence-corrected chi connectivity index (χ1v) is 7.04. The second kappa shape index (κ2) is 8.72. The minimum absolute atomic E-state index is 0.0381. The smallest absolute Gasteiger partial charge is 0.307 e. The first-order valence-electron chi connectivity index (χ1n) is 7.04.